The first-order valence-electron chi connectivity index (χ1n) is 10.8. The first-order valence-corrected chi connectivity index (χ1v) is 13.2. The van der Waals surface area contributed by atoms with Crippen LogP contribution in [-0.2, 0) is 10.0 Å². The Balaban J connectivity index is 1.44. The van der Waals surface area contributed by atoms with Gasteiger partial charge in [0.05, 0.1) is 20.8 Å². The molecule has 5 rings (SSSR count). The van der Waals surface area contributed by atoms with E-state index in [-0.39, 0.29) is 16.6 Å². The van der Waals surface area contributed by atoms with Crippen molar-refractivity contribution in [3.05, 3.63) is 76.5 Å². The number of thiophene rings is 1. The highest BCUT2D eigenvalue weighted by atomic mass is 32.2. The number of nitrogens with zero attached hydrogens (tertiary/aromatic N) is 4. The normalized spacial score (nSPS) is 14.4. The second kappa shape index (κ2) is 9.03. The zero-order valence-electron chi connectivity index (χ0n) is 18.5. The lowest BCUT2D eigenvalue weighted by atomic mass is 10.2. The van der Waals surface area contributed by atoms with E-state index in [1.54, 1.807) is 30.3 Å². The second-order valence-corrected chi connectivity index (χ2v) is 10.7. The molecule has 1 N–H and O–H groups in total. The number of rotatable bonds is 5. The standard InChI is InChI=1S/C24H23N5O3S2/c1-17-8-10-18(11-9-17)34(31,32)27-22-23(26-20-6-3-2-5-19(20)25-22)28-12-14-29(15-13-28)24(30)21-7-4-16-33-21/h2-11,16H,12-15H2,1H3,(H,25,27). The number of aryl methyl sites for hydroxylation is 1. The molecule has 8 nitrogen and oxygen atoms in total. The minimum Gasteiger partial charge on any atom is -0.350 e. The molecule has 0 atom stereocenters. The average Bonchev–Trinajstić information content (AvgIpc) is 3.38. The summed E-state index contributed by atoms with van der Waals surface area (Å²) in [6, 6.07) is 17.7. The molecule has 0 unspecified atom stereocenters. The van der Waals surface area contributed by atoms with Crippen LogP contribution < -0.4 is 9.62 Å². The quantitative estimate of drug-likeness (QED) is 0.455. The fourth-order valence-electron chi connectivity index (χ4n) is 3.86. The molecule has 3 heterocycles. The number of para-hydroxylation sites is 2. The molecule has 10 heteroatoms. The van der Waals surface area contributed by atoms with E-state index in [2.05, 4.69) is 9.71 Å². The van der Waals surface area contributed by atoms with Gasteiger partial charge in [0.15, 0.2) is 11.6 Å². The van der Waals surface area contributed by atoms with Crippen molar-refractivity contribution in [1.82, 2.24) is 14.9 Å². The fourth-order valence-corrected chi connectivity index (χ4v) is 5.56. The number of sulfonamides is 1. The van der Waals surface area contributed by atoms with Crippen molar-refractivity contribution >= 4 is 49.9 Å². The third-order valence-electron chi connectivity index (χ3n) is 5.71. The van der Waals surface area contributed by atoms with Crippen molar-refractivity contribution in [2.45, 2.75) is 11.8 Å². The molecule has 1 aliphatic heterocycles. The zero-order valence-corrected chi connectivity index (χ0v) is 20.1. The maximum Gasteiger partial charge on any atom is 0.264 e. The van der Waals surface area contributed by atoms with E-state index in [4.69, 9.17) is 4.98 Å². The fraction of sp³-hybridized carbons (Fsp3) is 0.208. The number of amides is 1. The van der Waals surface area contributed by atoms with Gasteiger partial charge in [-0.3, -0.25) is 9.52 Å². The Morgan fingerprint density at radius 2 is 1.59 bits per heavy atom. The number of aromatic nitrogens is 2. The summed E-state index contributed by atoms with van der Waals surface area (Å²) in [6.07, 6.45) is 0. The van der Waals surface area contributed by atoms with Gasteiger partial charge in [-0.1, -0.05) is 35.9 Å². The minimum atomic E-state index is -3.86. The molecule has 1 amide bonds. The highest BCUT2D eigenvalue weighted by molar-refractivity contribution is 7.92. The van der Waals surface area contributed by atoms with Crippen molar-refractivity contribution in [2.75, 3.05) is 35.8 Å². The van der Waals surface area contributed by atoms with Gasteiger partial charge in [-0.15, -0.1) is 11.3 Å². The van der Waals surface area contributed by atoms with Crippen LogP contribution >= 0.6 is 11.3 Å². The number of benzene rings is 2. The van der Waals surface area contributed by atoms with Crippen molar-refractivity contribution in [3.63, 3.8) is 0 Å². The number of piperazine rings is 1. The number of carbonyl (C=O) groups excluding carboxylic acids is 1. The highest BCUT2D eigenvalue weighted by Crippen LogP contribution is 2.28. The van der Waals surface area contributed by atoms with Crippen LogP contribution in [0.25, 0.3) is 11.0 Å². The van der Waals surface area contributed by atoms with Crippen molar-refractivity contribution in [2.24, 2.45) is 0 Å². The van der Waals surface area contributed by atoms with Crippen molar-refractivity contribution < 1.29 is 13.2 Å². The van der Waals surface area contributed by atoms with E-state index >= 15 is 0 Å². The summed E-state index contributed by atoms with van der Waals surface area (Å²) in [7, 11) is -3.86. The highest BCUT2D eigenvalue weighted by Gasteiger charge is 2.27. The molecule has 0 radical (unpaired) electrons. The lowest BCUT2D eigenvalue weighted by molar-refractivity contribution is 0.0751. The summed E-state index contributed by atoms with van der Waals surface area (Å²) in [4.78, 5) is 26.7. The molecule has 2 aromatic heterocycles. The van der Waals surface area contributed by atoms with Gasteiger partial charge in [0.2, 0.25) is 0 Å². The SMILES string of the molecule is Cc1ccc(S(=O)(=O)Nc2nc3ccccc3nc2N2CCN(C(=O)c3cccs3)CC2)cc1. The summed E-state index contributed by atoms with van der Waals surface area (Å²) in [5.41, 5.74) is 2.24. The molecule has 4 aromatic rings. The average molecular weight is 494 g/mol. The van der Waals surface area contributed by atoms with E-state index in [1.165, 1.54) is 11.3 Å². The van der Waals surface area contributed by atoms with E-state index < -0.39 is 10.0 Å². The van der Waals surface area contributed by atoms with Gasteiger partial charge < -0.3 is 9.80 Å². The molecule has 1 aliphatic rings. The number of nitrogens with one attached hydrogen (secondary N) is 1. The van der Waals surface area contributed by atoms with Crippen LogP contribution in [0.2, 0.25) is 0 Å². The largest absolute Gasteiger partial charge is 0.350 e. The molecular formula is C24H23N5O3S2. The summed E-state index contributed by atoms with van der Waals surface area (Å²) in [6.45, 7) is 3.96. The van der Waals surface area contributed by atoms with Crippen LogP contribution in [-0.4, -0.2) is 55.4 Å². The van der Waals surface area contributed by atoms with Gasteiger partial charge in [-0.05, 0) is 42.6 Å². The summed E-state index contributed by atoms with van der Waals surface area (Å²) in [5, 5.41) is 1.89. The Morgan fingerprint density at radius 3 is 2.24 bits per heavy atom. The van der Waals surface area contributed by atoms with E-state index in [1.807, 2.05) is 52.4 Å². The number of carbonyl (C=O) groups is 1. The Hall–Kier alpha value is -3.50. The first-order chi connectivity index (χ1) is 16.4. The molecule has 1 fully saturated rings. The van der Waals surface area contributed by atoms with E-state index in [0.717, 1.165) is 5.56 Å². The van der Waals surface area contributed by atoms with Gasteiger partial charge in [0, 0.05) is 26.2 Å². The number of fused-ring (bicyclic) bond motifs is 1. The van der Waals surface area contributed by atoms with Gasteiger partial charge in [-0.2, -0.15) is 0 Å². The lowest BCUT2D eigenvalue weighted by Crippen LogP contribution is -2.49. The Kier molecular flexibility index (Phi) is 5.93. The van der Waals surface area contributed by atoms with Crippen LogP contribution in [0.5, 0.6) is 0 Å². The van der Waals surface area contributed by atoms with Crippen LogP contribution in [0.4, 0.5) is 11.6 Å². The van der Waals surface area contributed by atoms with E-state index in [9.17, 15) is 13.2 Å². The Bertz CT molecular complexity index is 1430. The topological polar surface area (TPSA) is 95.5 Å². The lowest BCUT2D eigenvalue weighted by Gasteiger charge is -2.35. The number of hydrogen-bond donors (Lipinski definition) is 1. The Labute approximate surface area is 201 Å². The molecule has 174 valence electrons. The van der Waals surface area contributed by atoms with Crippen LogP contribution in [0, 0.1) is 6.92 Å². The minimum absolute atomic E-state index is 0.0135. The monoisotopic (exact) mass is 493 g/mol. The van der Waals surface area contributed by atoms with E-state index in [0.29, 0.717) is 47.9 Å². The molecular weight excluding hydrogens is 470 g/mol. The smallest absolute Gasteiger partial charge is 0.264 e. The third-order valence-corrected chi connectivity index (χ3v) is 7.93. The zero-order chi connectivity index (χ0) is 23.7. The summed E-state index contributed by atoms with van der Waals surface area (Å²) in [5.74, 6) is 0.648. The molecule has 34 heavy (non-hydrogen) atoms. The third kappa shape index (κ3) is 4.46. The molecule has 0 saturated carbocycles. The molecule has 0 bridgehead atoms. The van der Waals surface area contributed by atoms with Crippen LogP contribution in [0.1, 0.15) is 15.2 Å². The molecule has 0 aliphatic carbocycles. The number of hydrogen-bond acceptors (Lipinski definition) is 7. The van der Waals surface area contributed by atoms with Crippen molar-refractivity contribution in [1.29, 1.82) is 0 Å². The number of anilines is 2. The maximum absolute atomic E-state index is 13.1. The summed E-state index contributed by atoms with van der Waals surface area (Å²) >= 11 is 1.43. The van der Waals surface area contributed by atoms with Gasteiger partial charge in [0.25, 0.3) is 15.9 Å². The second-order valence-electron chi connectivity index (χ2n) is 8.06. The van der Waals surface area contributed by atoms with Crippen LogP contribution in [0.3, 0.4) is 0 Å². The maximum atomic E-state index is 13.1. The van der Waals surface area contributed by atoms with Gasteiger partial charge >= 0.3 is 0 Å². The Morgan fingerprint density at radius 1 is 0.912 bits per heavy atom. The molecule has 2 aromatic carbocycles. The van der Waals surface area contributed by atoms with Gasteiger partial charge in [0.1, 0.15) is 0 Å². The predicted octanol–water partition coefficient (Wildman–Crippen LogP) is 3.76. The summed E-state index contributed by atoms with van der Waals surface area (Å²) < 4.78 is 28.9. The van der Waals surface area contributed by atoms with Crippen molar-refractivity contribution in [3.8, 4) is 0 Å². The first kappa shape index (κ1) is 22.3. The molecule has 0 spiro atoms. The van der Waals surface area contributed by atoms with Gasteiger partial charge in [-0.25, -0.2) is 18.4 Å². The predicted molar refractivity (Wildman–Crippen MR) is 134 cm³/mol. The molecule has 1 saturated heterocycles. The van der Waals surface area contributed by atoms with Crippen LogP contribution in [0.15, 0.2) is 70.9 Å².